The fourth-order valence-corrected chi connectivity index (χ4v) is 1.22. The molecule has 0 radical (unpaired) electrons. The molecule has 1 aromatic carbocycles. The van der Waals surface area contributed by atoms with Crippen LogP contribution in [0.4, 0.5) is 0 Å². The molecule has 0 aliphatic heterocycles. The molecule has 0 atom stereocenters. The van der Waals surface area contributed by atoms with Crippen molar-refractivity contribution in [3.8, 4) is 0 Å². The van der Waals surface area contributed by atoms with E-state index in [1.54, 1.807) is 0 Å². The van der Waals surface area contributed by atoms with Crippen LogP contribution in [0.1, 0.15) is 45.6 Å². The molecule has 0 bridgehead atoms. The fraction of sp³-hybridized carbons (Fsp3) is 0.538. The third kappa shape index (κ3) is 6.39. The lowest BCUT2D eigenvalue weighted by molar-refractivity contribution is 0.717. The SMILES string of the molecule is CC.CCCCCc1ccccc1. The van der Waals surface area contributed by atoms with Crippen LogP contribution >= 0.6 is 0 Å². The van der Waals surface area contributed by atoms with Gasteiger partial charge in [0.25, 0.3) is 0 Å². The van der Waals surface area contributed by atoms with E-state index in [2.05, 4.69) is 37.3 Å². The van der Waals surface area contributed by atoms with Crippen LogP contribution in [0.2, 0.25) is 0 Å². The van der Waals surface area contributed by atoms with E-state index >= 15 is 0 Å². The Kier molecular flexibility index (Phi) is 8.75. The monoisotopic (exact) mass is 178 g/mol. The molecule has 1 rings (SSSR count). The van der Waals surface area contributed by atoms with Gasteiger partial charge in [-0.1, -0.05) is 63.9 Å². The quantitative estimate of drug-likeness (QED) is 0.598. The predicted octanol–water partition coefficient (Wildman–Crippen LogP) is 4.45. The third-order valence-corrected chi connectivity index (χ3v) is 1.91. The van der Waals surface area contributed by atoms with Gasteiger partial charge in [0, 0.05) is 0 Å². The molecule has 0 aliphatic rings. The van der Waals surface area contributed by atoms with E-state index < -0.39 is 0 Å². The highest BCUT2D eigenvalue weighted by atomic mass is 13.9. The van der Waals surface area contributed by atoms with Gasteiger partial charge in [0.2, 0.25) is 0 Å². The van der Waals surface area contributed by atoms with Crippen LogP contribution in [0.5, 0.6) is 0 Å². The summed E-state index contributed by atoms with van der Waals surface area (Å²) < 4.78 is 0. The summed E-state index contributed by atoms with van der Waals surface area (Å²) in [6.07, 6.45) is 5.25. The van der Waals surface area contributed by atoms with E-state index in [-0.39, 0.29) is 0 Å². The Hall–Kier alpha value is -0.780. The molecule has 0 saturated heterocycles. The topological polar surface area (TPSA) is 0 Å². The minimum absolute atomic E-state index is 1.24. The zero-order valence-corrected chi connectivity index (χ0v) is 9.22. The van der Waals surface area contributed by atoms with Crippen molar-refractivity contribution in [2.24, 2.45) is 0 Å². The van der Waals surface area contributed by atoms with Crippen LogP contribution in [0, 0.1) is 0 Å². The molecule has 0 nitrogen and oxygen atoms in total. The molecular formula is C13H22. The highest BCUT2D eigenvalue weighted by Crippen LogP contribution is 2.05. The van der Waals surface area contributed by atoms with Crippen molar-refractivity contribution >= 4 is 0 Å². The Morgan fingerprint density at radius 1 is 0.923 bits per heavy atom. The zero-order valence-electron chi connectivity index (χ0n) is 9.22. The molecule has 0 N–H and O–H groups in total. The summed E-state index contributed by atoms with van der Waals surface area (Å²) in [6.45, 7) is 6.24. The summed E-state index contributed by atoms with van der Waals surface area (Å²) in [5.74, 6) is 0. The van der Waals surface area contributed by atoms with Gasteiger partial charge in [0.05, 0.1) is 0 Å². The largest absolute Gasteiger partial charge is 0.0683 e. The van der Waals surface area contributed by atoms with Gasteiger partial charge < -0.3 is 0 Å². The molecule has 0 unspecified atom stereocenters. The number of benzene rings is 1. The maximum atomic E-state index is 2.24. The summed E-state index contributed by atoms with van der Waals surface area (Å²) in [6, 6.07) is 10.7. The van der Waals surface area contributed by atoms with E-state index in [0.29, 0.717) is 0 Å². The lowest BCUT2D eigenvalue weighted by Crippen LogP contribution is -1.83. The van der Waals surface area contributed by atoms with Gasteiger partial charge in [0.1, 0.15) is 0 Å². The highest BCUT2D eigenvalue weighted by molar-refractivity contribution is 5.14. The van der Waals surface area contributed by atoms with Crippen LogP contribution < -0.4 is 0 Å². The molecule has 0 spiro atoms. The number of hydrogen-bond acceptors (Lipinski definition) is 0. The summed E-state index contributed by atoms with van der Waals surface area (Å²) in [5.41, 5.74) is 1.47. The van der Waals surface area contributed by atoms with Crippen molar-refractivity contribution in [2.75, 3.05) is 0 Å². The number of hydrogen-bond donors (Lipinski definition) is 0. The average Bonchev–Trinajstić information content (AvgIpc) is 2.23. The maximum absolute atomic E-state index is 2.24. The lowest BCUT2D eigenvalue weighted by Gasteiger charge is -1.98. The molecular weight excluding hydrogens is 156 g/mol. The van der Waals surface area contributed by atoms with Gasteiger partial charge in [-0.15, -0.1) is 0 Å². The molecule has 0 aromatic heterocycles. The Balaban J connectivity index is 0.000000671. The van der Waals surface area contributed by atoms with Crippen molar-refractivity contribution < 1.29 is 0 Å². The van der Waals surface area contributed by atoms with E-state index in [1.165, 1.54) is 31.2 Å². The Morgan fingerprint density at radius 2 is 1.54 bits per heavy atom. The van der Waals surface area contributed by atoms with Crippen molar-refractivity contribution in [1.29, 1.82) is 0 Å². The third-order valence-electron chi connectivity index (χ3n) is 1.91. The van der Waals surface area contributed by atoms with Crippen LogP contribution in [0.3, 0.4) is 0 Å². The Morgan fingerprint density at radius 3 is 2.08 bits per heavy atom. The first-order valence-electron chi connectivity index (χ1n) is 5.47. The smallest absolute Gasteiger partial charge is 0.0279 e. The van der Waals surface area contributed by atoms with E-state index in [4.69, 9.17) is 0 Å². The van der Waals surface area contributed by atoms with E-state index in [1.807, 2.05) is 13.8 Å². The van der Waals surface area contributed by atoms with Gasteiger partial charge in [-0.25, -0.2) is 0 Å². The van der Waals surface area contributed by atoms with Gasteiger partial charge in [-0.2, -0.15) is 0 Å². The summed E-state index contributed by atoms with van der Waals surface area (Å²) in [7, 11) is 0. The highest BCUT2D eigenvalue weighted by Gasteiger charge is 1.89. The van der Waals surface area contributed by atoms with Gasteiger partial charge in [0.15, 0.2) is 0 Å². The lowest BCUT2D eigenvalue weighted by atomic mass is 10.1. The minimum Gasteiger partial charge on any atom is -0.0683 e. The van der Waals surface area contributed by atoms with Crippen molar-refractivity contribution in [3.63, 3.8) is 0 Å². The molecule has 0 aliphatic carbocycles. The Bertz CT molecular complexity index is 176. The molecule has 0 heterocycles. The number of aryl methyl sites for hydroxylation is 1. The molecule has 74 valence electrons. The van der Waals surface area contributed by atoms with Crippen LogP contribution in [-0.2, 0) is 6.42 Å². The average molecular weight is 178 g/mol. The summed E-state index contributed by atoms with van der Waals surface area (Å²) in [5, 5.41) is 0. The predicted molar refractivity (Wildman–Crippen MR) is 61.0 cm³/mol. The van der Waals surface area contributed by atoms with Crippen LogP contribution in [-0.4, -0.2) is 0 Å². The zero-order chi connectivity index (χ0) is 9.94. The second kappa shape index (κ2) is 9.31. The van der Waals surface area contributed by atoms with Crippen molar-refractivity contribution in [2.45, 2.75) is 46.5 Å². The first-order chi connectivity index (χ1) is 6.43. The summed E-state index contributed by atoms with van der Waals surface area (Å²) in [4.78, 5) is 0. The van der Waals surface area contributed by atoms with E-state index in [0.717, 1.165) is 0 Å². The van der Waals surface area contributed by atoms with Gasteiger partial charge >= 0.3 is 0 Å². The second-order valence-electron chi connectivity index (χ2n) is 2.94. The maximum Gasteiger partial charge on any atom is -0.0279 e. The van der Waals surface area contributed by atoms with Gasteiger partial charge in [-0.05, 0) is 18.4 Å². The normalized spacial score (nSPS) is 8.85. The second-order valence-corrected chi connectivity index (χ2v) is 2.94. The first kappa shape index (κ1) is 12.2. The van der Waals surface area contributed by atoms with Crippen LogP contribution in [0.15, 0.2) is 30.3 Å². The van der Waals surface area contributed by atoms with E-state index in [9.17, 15) is 0 Å². The molecule has 0 fully saturated rings. The van der Waals surface area contributed by atoms with Crippen molar-refractivity contribution in [3.05, 3.63) is 35.9 Å². The molecule has 1 aromatic rings. The Labute approximate surface area is 83.0 Å². The van der Waals surface area contributed by atoms with Gasteiger partial charge in [-0.3, -0.25) is 0 Å². The molecule has 0 saturated carbocycles. The standard InChI is InChI=1S/C11H16.C2H6/c1-2-3-5-8-11-9-6-4-7-10-11;1-2/h4,6-7,9-10H,2-3,5,8H2,1H3;1-2H3. The molecule has 0 heteroatoms. The van der Waals surface area contributed by atoms with Crippen LogP contribution in [0.25, 0.3) is 0 Å². The molecule has 13 heavy (non-hydrogen) atoms. The molecule has 0 amide bonds. The number of unbranched alkanes of at least 4 members (excludes halogenated alkanes) is 2. The fourth-order valence-electron chi connectivity index (χ4n) is 1.22. The minimum atomic E-state index is 1.24. The first-order valence-corrected chi connectivity index (χ1v) is 5.47. The van der Waals surface area contributed by atoms with Crippen molar-refractivity contribution in [1.82, 2.24) is 0 Å². The summed E-state index contributed by atoms with van der Waals surface area (Å²) >= 11 is 0. The number of rotatable bonds is 4.